The van der Waals surface area contributed by atoms with Crippen molar-refractivity contribution in [2.75, 3.05) is 6.54 Å². The fraction of sp³-hybridized carbons (Fsp3) is 0.875. The van der Waals surface area contributed by atoms with Gasteiger partial charge in [-0.1, -0.05) is 13.3 Å². The lowest BCUT2D eigenvalue weighted by atomic mass is 10.0. The van der Waals surface area contributed by atoms with Gasteiger partial charge in [0.15, 0.2) is 0 Å². The Morgan fingerprint density at radius 2 is 2.42 bits per heavy atom. The van der Waals surface area contributed by atoms with Crippen LogP contribution in [0.15, 0.2) is 0 Å². The SMILES string of the molecule is CCC1CCCCN1OC(N)=O. The number of piperidine rings is 1. The van der Waals surface area contributed by atoms with Gasteiger partial charge in [0.2, 0.25) is 0 Å². The van der Waals surface area contributed by atoms with Crippen LogP contribution < -0.4 is 5.73 Å². The molecule has 0 saturated carbocycles. The number of nitrogens with two attached hydrogens (primary N) is 1. The zero-order chi connectivity index (χ0) is 8.97. The highest BCUT2D eigenvalue weighted by molar-refractivity contribution is 5.64. The van der Waals surface area contributed by atoms with Crippen LogP contribution in [0.3, 0.4) is 0 Å². The van der Waals surface area contributed by atoms with Gasteiger partial charge in [-0.25, -0.2) is 4.79 Å². The van der Waals surface area contributed by atoms with Crippen LogP contribution in [-0.4, -0.2) is 23.7 Å². The highest BCUT2D eigenvalue weighted by Crippen LogP contribution is 2.19. The topological polar surface area (TPSA) is 55.6 Å². The molecule has 0 radical (unpaired) electrons. The Balaban J connectivity index is 2.41. The lowest BCUT2D eigenvalue weighted by Crippen LogP contribution is -2.41. The van der Waals surface area contributed by atoms with Crippen molar-refractivity contribution in [1.82, 2.24) is 5.06 Å². The molecule has 1 aliphatic heterocycles. The predicted molar refractivity (Wildman–Crippen MR) is 45.3 cm³/mol. The van der Waals surface area contributed by atoms with Gasteiger partial charge < -0.3 is 10.6 Å². The molecule has 1 saturated heterocycles. The molecule has 70 valence electrons. The van der Waals surface area contributed by atoms with Crippen LogP contribution in [0.4, 0.5) is 4.79 Å². The van der Waals surface area contributed by atoms with Gasteiger partial charge >= 0.3 is 6.09 Å². The second-order valence-electron chi connectivity index (χ2n) is 3.11. The Morgan fingerprint density at radius 1 is 1.67 bits per heavy atom. The highest BCUT2D eigenvalue weighted by Gasteiger charge is 2.23. The predicted octanol–water partition coefficient (Wildman–Crippen LogP) is 1.26. The van der Waals surface area contributed by atoms with Gasteiger partial charge in [0.05, 0.1) is 0 Å². The third-order valence-electron chi connectivity index (χ3n) is 2.25. The summed E-state index contributed by atoms with van der Waals surface area (Å²) in [6.45, 7) is 2.91. The second kappa shape index (κ2) is 4.30. The van der Waals surface area contributed by atoms with Crippen molar-refractivity contribution in [2.24, 2.45) is 5.73 Å². The van der Waals surface area contributed by atoms with Crippen LogP contribution in [0.25, 0.3) is 0 Å². The minimum atomic E-state index is -0.699. The van der Waals surface area contributed by atoms with Crippen molar-refractivity contribution in [1.29, 1.82) is 0 Å². The van der Waals surface area contributed by atoms with E-state index in [0.29, 0.717) is 6.04 Å². The van der Waals surface area contributed by atoms with Crippen LogP contribution in [-0.2, 0) is 4.84 Å². The zero-order valence-electron chi connectivity index (χ0n) is 7.45. The number of carbonyl (C=O) groups is 1. The minimum absolute atomic E-state index is 0.367. The molecule has 1 rings (SSSR count). The Hall–Kier alpha value is -0.770. The van der Waals surface area contributed by atoms with Crippen molar-refractivity contribution in [3.8, 4) is 0 Å². The lowest BCUT2D eigenvalue weighted by molar-refractivity contribution is -0.142. The van der Waals surface area contributed by atoms with E-state index in [0.717, 1.165) is 25.8 Å². The maximum absolute atomic E-state index is 10.5. The number of rotatable bonds is 2. The van der Waals surface area contributed by atoms with Gasteiger partial charge in [-0.3, -0.25) is 0 Å². The molecule has 1 unspecified atom stereocenters. The van der Waals surface area contributed by atoms with E-state index < -0.39 is 6.09 Å². The average molecular weight is 172 g/mol. The maximum Gasteiger partial charge on any atom is 0.423 e. The number of carbonyl (C=O) groups excluding carboxylic acids is 1. The van der Waals surface area contributed by atoms with Gasteiger partial charge in [0, 0.05) is 12.6 Å². The van der Waals surface area contributed by atoms with Gasteiger partial charge in [-0.15, -0.1) is 5.06 Å². The fourth-order valence-corrected chi connectivity index (χ4v) is 1.62. The fourth-order valence-electron chi connectivity index (χ4n) is 1.62. The van der Waals surface area contributed by atoms with E-state index in [-0.39, 0.29) is 0 Å². The Bertz CT molecular complexity index is 161. The summed E-state index contributed by atoms with van der Waals surface area (Å²) < 4.78 is 0. The summed E-state index contributed by atoms with van der Waals surface area (Å²) in [5.41, 5.74) is 4.94. The van der Waals surface area contributed by atoms with Gasteiger partial charge in [-0.05, 0) is 19.3 Å². The number of hydrogen-bond acceptors (Lipinski definition) is 3. The first-order valence-electron chi connectivity index (χ1n) is 4.48. The van der Waals surface area contributed by atoms with E-state index in [2.05, 4.69) is 6.92 Å². The maximum atomic E-state index is 10.5. The van der Waals surface area contributed by atoms with Crippen LogP contribution in [0.2, 0.25) is 0 Å². The van der Waals surface area contributed by atoms with Crippen molar-refractivity contribution < 1.29 is 9.63 Å². The first kappa shape index (κ1) is 9.32. The summed E-state index contributed by atoms with van der Waals surface area (Å²) in [6, 6.07) is 0.367. The van der Waals surface area contributed by atoms with E-state index in [4.69, 9.17) is 10.6 Å². The molecule has 0 aromatic carbocycles. The number of hydroxylamine groups is 2. The zero-order valence-corrected chi connectivity index (χ0v) is 7.45. The van der Waals surface area contributed by atoms with E-state index in [1.807, 2.05) is 0 Å². The summed E-state index contributed by atoms with van der Waals surface area (Å²) in [7, 11) is 0. The van der Waals surface area contributed by atoms with Crippen LogP contribution in [0.5, 0.6) is 0 Å². The van der Waals surface area contributed by atoms with Crippen molar-refractivity contribution in [3.63, 3.8) is 0 Å². The van der Waals surface area contributed by atoms with E-state index in [1.165, 1.54) is 6.42 Å². The minimum Gasteiger partial charge on any atom is -0.351 e. The van der Waals surface area contributed by atoms with E-state index in [1.54, 1.807) is 5.06 Å². The molecule has 4 heteroatoms. The Labute approximate surface area is 72.6 Å². The molecule has 1 heterocycles. The third kappa shape index (κ3) is 2.37. The van der Waals surface area contributed by atoms with E-state index >= 15 is 0 Å². The average Bonchev–Trinajstić information content (AvgIpc) is 2.04. The molecule has 0 aromatic heterocycles. The number of primary amides is 1. The van der Waals surface area contributed by atoms with E-state index in [9.17, 15) is 4.79 Å². The molecule has 4 nitrogen and oxygen atoms in total. The summed E-state index contributed by atoms with van der Waals surface area (Å²) in [5.74, 6) is 0. The van der Waals surface area contributed by atoms with Crippen molar-refractivity contribution in [3.05, 3.63) is 0 Å². The molecule has 1 atom stereocenters. The normalized spacial score (nSPS) is 25.2. The van der Waals surface area contributed by atoms with Crippen LogP contribution >= 0.6 is 0 Å². The molecule has 0 aromatic rings. The number of hydrogen-bond donors (Lipinski definition) is 1. The van der Waals surface area contributed by atoms with Crippen LogP contribution in [0, 0.1) is 0 Å². The highest BCUT2D eigenvalue weighted by atomic mass is 16.7. The molecule has 1 aliphatic rings. The smallest absolute Gasteiger partial charge is 0.351 e. The Morgan fingerprint density at radius 3 is 3.00 bits per heavy atom. The lowest BCUT2D eigenvalue weighted by Gasteiger charge is -2.32. The third-order valence-corrected chi connectivity index (χ3v) is 2.25. The molecule has 0 spiro atoms. The molecular formula is C8H16N2O2. The summed E-state index contributed by atoms with van der Waals surface area (Å²) in [5, 5.41) is 1.71. The number of amides is 1. The molecular weight excluding hydrogens is 156 g/mol. The molecule has 0 aliphatic carbocycles. The second-order valence-corrected chi connectivity index (χ2v) is 3.11. The molecule has 1 amide bonds. The van der Waals surface area contributed by atoms with Crippen LogP contribution in [0.1, 0.15) is 32.6 Å². The summed E-state index contributed by atoms with van der Waals surface area (Å²) in [6.07, 6.45) is 3.72. The number of nitrogens with zero attached hydrogens (tertiary/aromatic N) is 1. The molecule has 0 bridgehead atoms. The first-order valence-corrected chi connectivity index (χ1v) is 4.48. The van der Waals surface area contributed by atoms with Gasteiger partial charge in [0.25, 0.3) is 0 Å². The Kier molecular flexibility index (Phi) is 3.34. The summed E-state index contributed by atoms with van der Waals surface area (Å²) in [4.78, 5) is 15.4. The standard InChI is InChI=1S/C8H16N2O2/c1-2-7-5-3-4-6-10(7)12-8(9)11/h7H,2-6H2,1H3,(H2,9,11). The quantitative estimate of drug-likeness (QED) is 0.682. The largest absolute Gasteiger partial charge is 0.423 e. The monoisotopic (exact) mass is 172 g/mol. The molecule has 2 N–H and O–H groups in total. The molecule has 1 fully saturated rings. The van der Waals surface area contributed by atoms with Crippen molar-refractivity contribution in [2.45, 2.75) is 38.6 Å². The van der Waals surface area contributed by atoms with Gasteiger partial charge in [0.1, 0.15) is 0 Å². The molecule has 12 heavy (non-hydrogen) atoms. The first-order chi connectivity index (χ1) is 5.74. The van der Waals surface area contributed by atoms with Gasteiger partial charge in [-0.2, -0.15) is 0 Å². The van der Waals surface area contributed by atoms with Crippen molar-refractivity contribution >= 4 is 6.09 Å². The summed E-state index contributed by atoms with van der Waals surface area (Å²) >= 11 is 0.